The fourth-order valence-electron chi connectivity index (χ4n) is 2.99. The van der Waals surface area contributed by atoms with Gasteiger partial charge in [-0.1, -0.05) is 18.2 Å². The molecule has 1 aliphatic heterocycles. The van der Waals surface area contributed by atoms with E-state index in [1.54, 1.807) is 0 Å². The molecule has 3 rings (SSSR count). The minimum Gasteiger partial charge on any atom is -0.362 e. The van der Waals surface area contributed by atoms with Crippen LogP contribution in [-0.2, 0) is 27.4 Å². The lowest BCUT2D eigenvalue weighted by molar-refractivity contribution is -0.137. The predicted molar refractivity (Wildman–Crippen MR) is 96.9 cm³/mol. The van der Waals surface area contributed by atoms with Gasteiger partial charge in [-0.2, -0.15) is 13.2 Å². The Kier molecular flexibility index (Phi) is 5.61. The van der Waals surface area contributed by atoms with Crippen LogP contribution in [0.2, 0.25) is 0 Å². The van der Waals surface area contributed by atoms with Crippen molar-refractivity contribution < 1.29 is 26.4 Å². The zero-order valence-corrected chi connectivity index (χ0v) is 15.5. The lowest BCUT2D eigenvalue weighted by Gasteiger charge is -2.30. The van der Waals surface area contributed by atoms with Crippen molar-refractivity contribution in [3.05, 3.63) is 59.7 Å². The molecule has 2 aromatic carbocycles. The van der Waals surface area contributed by atoms with Gasteiger partial charge in [-0.3, -0.25) is 10.2 Å². The van der Waals surface area contributed by atoms with E-state index in [1.165, 1.54) is 0 Å². The van der Waals surface area contributed by atoms with E-state index >= 15 is 0 Å². The molecule has 2 N–H and O–H groups in total. The maximum Gasteiger partial charge on any atom is 0.416 e. The Morgan fingerprint density at radius 1 is 1.07 bits per heavy atom. The molecule has 150 valence electrons. The number of halogens is 3. The van der Waals surface area contributed by atoms with E-state index in [2.05, 4.69) is 5.43 Å². The van der Waals surface area contributed by atoms with Crippen molar-refractivity contribution in [2.45, 2.75) is 23.9 Å². The largest absolute Gasteiger partial charge is 0.416 e. The molecule has 0 spiro atoms. The number of anilines is 1. The zero-order valence-electron chi connectivity index (χ0n) is 14.7. The lowest BCUT2D eigenvalue weighted by atomic mass is 10.0. The molecule has 0 bridgehead atoms. The van der Waals surface area contributed by atoms with E-state index in [4.69, 9.17) is 0 Å². The van der Waals surface area contributed by atoms with Gasteiger partial charge in [0, 0.05) is 12.2 Å². The smallest absolute Gasteiger partial charge is 0.362 e. The minimum atomic E-state index is -4.56. The van der Waals surface area contributed by atoms with Crippen LogP contribution in [0.1, 0.15) is 17.5 Å². The number of rotatable bonds is 5. The molecule has 28 heavy (non-hydrogen) atoms. The summed E-state index contributed by atoms with van der Waals surface area (Å²) in [6.45, 7) is 0.614. The van der Waals surface area contributed by atoms with Crippen molar-refractivity contribution in [3.8, 4) is 0 Å². The average Bonchev–Trinajstić information content (AvgIpc) is 2.66. The van der Waals surface area contributed by atoms with Crippen LogP contribution in [0, 0.1) is 0 Å². The second-order valence-corrected chi connectivity index (χ2v) is 8.01. The Balaban J connectivity index is 1.61. The van der Waals surface area contributed by atoms with Crippen LogP contribution in [0.15, 0.2) is 53.4 Å². The summed E-state index contributed by atoms with van der Waals surface area (Å²) in [5.41, 5.74) is 3.19. The number of aryl methyl sites for hydroxylation is 1. The van der Waals surface area contributed by atoms with Gasteiger partial charge in [-0.15, -0.1) is 4.83 Å². The monoisotopic (exact) mass is 413 g/mol. The quantitative estimate of drug-likeness (QED) is 0.739. The van der Waals surface area contributed by atoms with Crippen LogP contribution in [-0.4, -0.2) is 27.4 Å². The van der Waals surface area contributed by atoms with Gasteiger partial charge in [0.05, 0.1) is 17.0 Å². The first-order valence-corrected chi connectivity index (χ1v) is 9.96. The molecule has 2 aromatic rings. The summed E-state index contributed by atoms with van der Waals surface area (Å²) in [7, 11) is -4.19. The summed E-state index contributed by atoms with van der Waals surface area (Å²) in [5.74, 6) is -0.577. The number of amides is 1. The average molecular weight is 413 g/mol. The van der Waals surface area contributed by atoms with Gasteiger partial charge in [0.2, 0.25) is 0 Å². The Bertz CT molecular complexity index is 960. The molecule has 10 heteroatoms. The Hall–Kier alpha value is -2.59. The maximum atomic E-state index is 12.6. The second-order valence-electron chi connectivity index (χ2n) is 6.33. The molecule has 1 amide bonds. The second kappa shape index (κ2) is 7.80. The highest BCUT2D eigenvalue weighted by atomic mass is 32.2. The molecule has 0 saturated carbocycles. The van der Waals surface area contributed by atoms with Crippen LogP contribution in [0.3, 0.4) is 0 Å². The SMILES string of the molecule is O=C(CN1CCCc2ccccc21)NNS(=O)(=O)c1ccc(C(F)(F)F)cc1. The Morgan fingerprint density at radius 2 is 1.75 bits per heavy atom. The molecule has 0 atom stereocenters. The number of alkyl halides is 3. The van der Waals surface area contributed by atoms with Crippen molar-refractivity contribution in [1.82, 2.24) is 10.3 Å². The summed E-state index contributed by atoms with van der Waals surface area (Å²) >= 11 is 0. The third-order valence-corrected chi connectivity index (χ3v) is 5.62. The minimum absolute atomic E-state index is 0.0491. The Labute approximate surface area is 160 Å². The molecule has 0 saturated heterocycles. The highest BCUT2D eigenvalue weighted by Crippen LogP contribution is 2.29. The standard InChI is InChI=1S/C18H18F3N3O3S/c19-18(20,21)14-7-9-15(10-8-14)28(26,27)23-22-17(25)12-24-11-3-5-13-4-1-2-6-16(13)24/h1-2,4,6-10,23H,3,5,11-12H2,(H,22,25). The van der Waals surface area contributed by atoms with E-state index < -0.39 is 27.7 Å². The number of carbonyl (C=O) groups is 1. The predicted octanol–water partition coefficient (Wildman–Crippen LogP) is 2.47. The van der Waals surface area contributed by atoms with Gasteiger partial charge < -0.3 is 4.90 Å². The van der Waals surface area contributed by atoms with E-state index in [0.717, 1.165) is 36.2 Å². The number of nitrogens with one attached hydrogen (secondary N) is 2. The first kappa shape index (κ1) is 20.2. The molecule has 0 unspecified atom stereocenters. The highest BCUT2D eigenvalue weighted by molar-refractivity contribution is 7.89. The highest BCUT2D eigenvalue weighted by Gasteiger charge is 2.30. The summed E-state index contributed by atoms with van der Waals surface area (Å²) in [4.78, 5) is 15.5. The van der Waals surface area contributed by atoms with Crippen LogP contribution in [0.4, 0.5) is 18.9 Å². The number of nitrogens with zero attached hydrogens (tertiary/aromatic N) is 1. The first-order valence-electron chi connectivity index (χ1n) is 8.47. The van der Waals surface area contributed by atoms with Crippen LogP contribution in [0.5, 0.6) is 0 Å². The van der Waals surface area contributed by atoms with E-state index in [0.29, 0.717) is 18.7 Å². The van der Waals surface area contributed by atoms with Gasteiger partial charge in [0.25, 0.3) is 15.9 Å². The fraction of sp³-hybridized carbons (Fsp3) is 0.278. The molecule has 0 aromatic heterocycles. The molecule has 1 aliphatic rings. The molecular formula is C18H18F3N3O3S. The summed E-state index contributed by atoms with van der Waals surface area (Å²) in [6, 6.07) is 10.7. The molecule has 0 aliphatic carbocycles. The van der Waals surface area contributed by atoms with E-state index in [-0.39, 0.29) is 11.4 Å². The number of carbonyl (C=O) groups excluding carboxylic acids is 1. The topological polar surface area (TPSA) is 78.5 Å². The van der Waals surface area contributed by atoms with Gasteiger partial charge in [0.15, 0.2) is 0 Å². The van der Waals surface area contributed by atoms with E-state index in [1.807, 2.05) is 34.0 Å². The number of sulfonamides is 1. The molecule has 0 fully saturated rings. The van der Waals surface area contributed by atoms with Gasteiger partial charge in [-0.25, -0.2) is 8.42 Å². The number of benzene rings is 2. The number of hydrogen-bond acceptors (Lipinski definition) is 4. The van der Waals surface area contributed by atoms with Gasteiger partial charge >= 0.3 is 6.18 Å². The molecule has 0 radical (unpaired) electrons. The van der Waals surface area contributed by atoms with Crippen LogP contribution in [0.25, 0.3) is 0 Å². The lowest BCUT2D eigenvalue weighted by Crippen LogP contribution is -2.47. The first-order chi connectivity index (χ1) is 13.2. The normalized spacial score (nSPS) is 14.5. The third-order valence-electron chi connectivity index (χ3n) is 4.36. The third kappa shape index (κ3) is 4.63. The van der Waals surface area contributed by atoms with E-state index in [9.17, 15) is 26.4 Å². The maximum absolute atomic E-state index is 12.6. The molecular weight excluding hydrogens is 395 g/mol. The van der Waals surface area contributed by atoms with Crippen molar-refractivity contribution in [1.29, 1.82) is 0 Å². The Morgan fingerprint density at radius 3 is 2.43 bits per heavy atom. The van der Waals surface area contributed by atoms with Crippen molar-refractivity contribution >= 4 is 21.6 Å². The molecule has 1 heterocycles. The van der Waals surface area contributed by atoms with Crippen molar-refractivity contribution in [2.75, 3.05) is 18.0 Å². The van der Waals surface area contributed by atoms with Crippen LogP contribution >= 0.6 is 0 Å². The summed E-state index contributed by atoms with van der Waals surface area (Å²) < 4.78 is 62.0. The summed E-state index contributed by atoms with van der Waals surface area (Å²) in [6.07, 6.45) is -2.77. The van der Waals surface area contributed by atoms with Crippen molar-refractivity contribution in [3.63, 3.8) is 0 Å². The molecule has 6 nitrogen and oxygen atoms in total. The summed E-state index contributed by atoms with van der Waals surface area (Å²) in [5, 5.41) is 0. The van der Waals surface area contributed by atoms with Crippen molar-refractivity contribution in [2.24, 2.45) is 0 Å². The number of para-hydroxylation sites is 1. The number of hydrazine groups is 1. The number of hydrogen-bond donors (Lipinski definition) is 2. The zero-order chi connectivity index (χ0) is 20.4. The fourth-order valence-corrected chi connectivity index (χ4v) is 3.86. The van der Waals surface area contributed by atoms with Gasteiger partial charge in [0.1, 0.15) is 0 Å². The van der Waals surface area contributed by atoms with Crippen LogP contribution < -0.4 is 15.2 Å². The number of fused-ring (bicyclic) bond motifs is 1. The van der Waals surface area contributed by atoms with Gasteiger partial charge in [-0.05, 0) is 48.7 Å².